The lowest BCUT2D eigenvalue weighted by atomic mass is 10.1. The molecule has 0 aliphatic rings. The standard InChI is InChI=1S/C14H16N2S/c1-10(11-6-2-3-7-12(11)15)17-14-9-5-4-8-13(14)16/h2-10H,15-16H2,1H3. The van der Waals surface area contributed by atoms with Crippen LogP contribution in [-0.2, 0) is 0 Å². The van der Waals surface area contributed by atoms with E-state index in [4.69, 9.17) is 11.5 Å². The Bertz CT molecular complexity index is 511. The molecule has 0 fully saturated rings. The smallest absolute Gasteiger partial charge is 0.0452 e. The van der Waals surface area contributed by atoms with Crippen LogP contribution in [0.4, 0.5) is 11.4 Å². The summed E-state index contributed by atoms with van der Waals surface area (Å²) in [5.41, 5.74) is 14.7. The summed E-state index contributed by atoms with van der Waals surface area (Å²) in [4.78, 5) is 1.10. The van der Waals surface area contributed by atoms with Gasteiger partial charge in [-0.05, 0) is 30.7 Å². The van der Waals surface area contributed by atoms with Gasteiger partial charge in [0.25, 0.3) is 0 Å². The summed E-state index contributed by atoms with van der Waals surface area (Å²) in [6.45, 7) is 2.14. The quantitative estimate of drug-likeness (QED) is 0.639. The summed E-state index contributed by atoms with van der Waals surface area (Å²) in [5.74, 6) is 0. The monoisotopic (exact) mass is 244 g/mol. The van der Waals surface area contributed by atoms with E-state index in [1.54, 1.807) is 11.8 Å². The molecule has 2 rings (SSSR count). The first-order valence-corrected chi connectivity index (χ1v) is 6.42. The van der Waals surface area contributed by atoms with Crippen molar-refractivity contribution >= 4 is 23.1 Å². The van der Waals surface area contributed by atoms with E-state index in [0.717, 1.165) is 21.8 Å². The van der Waals surface area contributed by atoms with E-state index in [9.17, 15) is 0 Å². The molecule has 0 aliphatic heterocycles. The molecule has 2 aromatic carbocycles. The number of anilines is 2. The van der Waals surface area contributed by atoms with Gasteiger partial charge in [-0.1, -0.05) is 30.3 Å². The maximum Gasteiger partial charge on any atom is 0.0452 e. The molecule has 1 unspecified atom stereocenters. The first-order chi connectivity index (χ1) is 8.18. The summed E-state index contributed by atoms with van der Waals surface area (Å²) in [6.07, 6.45) is 0. The molecule has 0 bridgehead atoms. The zero-order valence-corrected chi connectivity index (χ0v) is 10.6. The van der Waals surface area contributed by atoms with Gasteiger partial charge in [-0.3, -0.25) is 0 Å². The Morgan fingerprint density at radius 3 is 2.12 bits per heavy atom. The van der Waals surface area contributed by atoms with Crippen LogP contribution in [0.15, 0.2) is 53.4 Å². The minimum atomic E-state index is 0.292. The largest absolute Gasteiger partial charge is 0.398 e. The number of nitrogens with two attached hydrogens (primary N) is 2. The van der Waals surface area contributed by atoms with Crippen molar-refractivity contribution in [1.29, 1.82) is 0 Å². The molecule has 0 radical (unpaired) electrons. The molecule has 2 nitrogen and oxygen atoms in total. The fourth-order valence-electron chi connectivity index (χ4n) is 1.72. The summed E-state index contributed by atoms with van der Waals surface area (Å²) in [5, 5.41) is 0.292. The van der Waals surface area contributed by atoms with Crippen molar-refractivity contribution in [3.05, 3.63) is 54.1 Å². The van der Waals surface area contributed by atoms with Gasteiger partial charge in [0.1, 0.15) is 0 Å². The molecule has 0 aromatic heterocycles. The van der Waals surface area contributed by atoms with Crippen LogP contribution in [0.5, 0.6) is 0 Å². The van der Waals surface area contributed by atoms with Gasteiger partial charge in [0.15, 0.2) is 0 Å². The Kier molecular flexibility index (Phi) is 3.59. The van der Waals surface area contributed by atoms with Crippen molar-refractivity contribution in [2.45, 2.75) is 17.1 Å². The topological polar surface area (TPSA) is 52.0 Å². The van der Waals surface area contributed by atoms with Crippen molar-refractivity contribution in [3.63, 3.8) is 0 Å². The van der Waals surface area contributed by atoms with Crippen molar-refractivity contribution < 1.29 is 0 Å². The van der Waals surface area contributed by atoms with E-state index in [2.05, 4.69) is 13.0 Å². The summed E-state index contributed by atoms with van der Waals surface area (Å²) < 4.78 is 0. The minimum Gasteiger partial charge on any atom is -0.398 e. The Labute approximate surface area is 106 Å². The SMILES string of the molecule is CC(Sc1ccccc1N)c1ccccc1N. The van der Waals surface area contributed by atoms with Crippen LogP contribution in [0.3, 0.4) is 0 Å². The lowest BCUT2D eigenvalue weighted by molar-refractivity contribution is 1.10. The molecule has 0 heterocycles. The lowest BCUT2D eigenvalue weighted by Crippen LogP contribution is -1.97. The zero-order chi connectivity index (χ0) is 12.3. The molecule has 3 heteroatoms. The van der Waals surface area contributed by atoms with E-state index in [1.165, 1.54) is 0 Å². The van der Waals surface area contributed by atoms with E-state index in [-0.39, 0.29) is 0 Å². The van der Waals surface area contributed by atoms with Crippen LogP contribution >= 0.6 is 11.8 Å². The van der Waals surface area contributed by atoms with Crippen LogP contribution in [-0.4, -0.2) is 0 Å². The third-order valence-corrected chi connectivity index (χ3v) is 3.89. The van der Waals surface area contributed by atoms with Gasteiger partial charge in [0.05, 0.1) is 0 Å². The van der Waals surface area contributed by atoms with Crippen molar-refractivity contribution in [1.82, 2.24) is 0 Å². The van der Waals surface area contributed by atoms with Crippen LogP contribution in [0.25, 0.3) is 0 Å². The average Bonchev–Trinajstić information content (AvgIpc) is 2.32. The van der Waals surface area contributed by atoms with Gasteiger partial charge in [-0.25, -0.2) is 0 Å². The van der Waals surface area contributed by atoms with Crippen molar-refractivity contribution in [2.75, 3.05) is 11.5 Å². The Morgan fingerprint density at radius 1 is 0.882 bits per heavy atom. The summed E-state index contributed by atoms with van der Waals surface area (Å²) in [6, 6.07) is 15.9. The van der Waals surface area contributed by atoms with E-state index in [1.807, 2.05) is 42.5 Å². The number of hydrogen-bond acceptors (Lipinski definition) is 3. The Balaban J connectivity index is 2.20. The van der Waals surface area contributed by atoms with E-state index >= 15 is 0 Å². The number of nitrogen functional groups attached to an aromatic ring is 2. The predicted molar refractivity (Wildman–Crippen MR) is 76.0 cm³/mol. The number of rotatable bonds is 3. The molecule has 17 heavy (non-hydrogen) atoms. The van der Waals surface area contributed by atoms with Gasteiger partial charge in [0, 0.05) is 21.5 Å². The third kappa shape index (κ3) is 2.74. The van der Waals surface area contributed by atoms with Crippen LogP contribution in [0.1, 0.15) is 17.7 Å². The molecule has 4 N–H and O–H groups in total. The molecule has 0 spiro atoms. The molecular weight excluding hydrogens is 228 g/mol. The highest BCUT2D eigenvalue weighted by Crippen LogP contribution is 2.39. The minimum absolute atomic E-state index is 0.292. The molecule has 0 saturated heterocycles. The Hall–Kier alpha value is -1.61. The van der Waals surface area contributed by atoms with Gasteiger partial charge in [-0.2, -0.15) is 0 Å². The van der Waals surface area contributed by atoms with Gasteiger partial charge >= 0.3 is 0 Å². The highest BCUT2D eigenvalue weighted by Gasteiger charge is 2.11. The van der Waals surface area contributed by atoms with Crippen LogP contribution < -0.4 is 11.5 Å². The maximum absolute atomic E-state index is 5.97. The fourth-order valence-corrected chi connectivity index (χ4v) is 2.81. The first-order valence-electron chi connectivity index (χ1n) is 5.54. The highest BCUT2D eigenvalue weighted by molar-refractivity contribution is 7.99. The van der Waals surface area contributed by atoms with E-state index < -0.39 is 0 Å². The van der Waals surface area contributed by atoms with Crippen molar-refractivity contribution in [3.8, 4) is 0 Å². The maximum atomic E-state index is 5.97. The molecule has 1 atom stereocenters. The summed E-state index contributed by atoms with van der Waals surface area (Å²) >= 11 is 1.73. The van der Waals surface area contributed by atoms with Gasteiger partial charge in [0.2, 0.25) is 0 Å². The summed E-state index contributed by atoms with van der Waals surface area (Å²) in [7, 11) is 0. The first kappa shape index (κ1) is 11.9. The third-order valence-electron chi connectivity index (χ3n) is 2.66. The lowest BCUT2D eigenvalue weighted by Gasteiger charge is -2.15. The Morgan fingerprint density at radius 2 is 1.47 bits per heavy atom. The number of benzene rings is 2. The number of hydrogen-bond donors (Lipinski definition) is 2. The highest BCUT2D eigenvalue weighted by atomic mass is 32.2. The predicted octanol–water partition coefficient (Wildman–Crippen LogP) is 3.70. The molecule has 0 aliphatic carbocycles. The second-order valence-electron chi connectivity index (χ2n) is 3.93. The molecular formula is C14H16N2S. The molecule has 0 saturated carbocycles. The van der Waals surface area contributed by atoms with E-state index in [0.29, 0.717) is 5.25 Å². The second-order valence-corrected chi connectivity index (χ2v) is 5.31. The molecule has 0 amide bonds. The average molecular weight is 244 g/mol. The fraction of sp³-hybridized carbons (Fsp3) is 0.143. The zero-order valence-electron chi connectivity index (χ0n) is 9.76. The van der Waals surface area contributed by atoms with Crippen molar-refractivity contribution in [2.24, 2.45) is 0 Å². The molecule has 2 aromatic rings. The van der Waals surface area contributed by atoms with Gasteiger partial charge in [-0.15, -0.1) is 11.8 Å². The normalized spacial score (nSPS) is 12.3. The molecule has 88 valence electrons. The van der Waals surface area contributed by atoms with Crippen LogP contribution in [0.2, 0.25) is 0 Å². The number of thioether (sulfide) groups is 1. The second kappa shape index (κ2) is 5.15. The van der Waals surface area contributed by atoms with Crippen LogP contribution in [0, 0.1) is 0 Å². The van der Waals surface area contributed by atoms with Gasteiger partial charge < -0.3 is 11.5 Å². The number of para-hydroxylation sites is 2.